The molecule has 1 aromatic rings. The van der Waals surface area contributed by atoms with Crippen LogP contribution in [0.3, 0.4) is 0 Å². The van der Waals surface area contributed by atoms with Crippen molar-refractivity contribution in [2.75, 3.05) is 34.4 Å². The van der Waals surface area contributed by atoms with Crippen LogP contribution in [0, 0.1) is 0 Å². The number of benzene rings is 1. The maximum Gasteiger partial charge on any atom is 0.236 e. The third-order valence-electron chi connectivity index (χ3n) is 3.60. The molecule has 0 bridgehead atoms. The minimum Gasteiger partial charge on any atom is -0.493 e. The van der Waals surface area contributed by atoms with E-state index in [1.807, 2.05) is 37.1 Å². The van der Waals surface area contributed by atoms with Crippen molar-refractivity contribution in [1.29, 1.82) is 0 Å². The second kappa shape index (κ2) is 7.04. The van der Waals surface area contributed by atoms with Crippen LogP contribution >= 0.6 is 11.8 Å². The number of thioether (sulfide) groups is 1. The maximum atomic E-state index is 12.3. The van der Waals surface area contributed by atoms with E-state index in [0.29, 0.717) is 11.5 Å². The van der Waals surface area contributed by atoms with Gasteiger partial charge in [0.25, 0.3) is 0 Å². The number of likely N-dealkylation sites (N-methyl/N-ethyl adjacent to an activating group) is 1. The summed E-state index contributed by atoms with van der Waals surface area (Å²) in [5.74, 6) is 1.61. The number of methoxy groups -OCH3 is 2. The fraction of sp³-hybridized carbons (Fsp3) is 0.533. The quantitative estimate of drug-likeness (QED) is 0.847. The zero-order valence-corrected chi connectivity index (χ0v) is 13.8. The summed E-state index contributed by atoms with van der Waals surface area (Å²) in [7, 11) is 5.26. The van der Waals surface area contributed by atoms with Crippen LogP contribution in [-0.2, 0) is 4.79 Å². The van der Waals surface area contributed by atoms with Crippen molar-refractivity contribution in [3.8, 4) is 11.5 Å². The average molecular weight is 311 g/mol. The molecule has 1 aliphatic heterocycles. The largest absolute Gasteiger partial charge is 0.493 e. The van der Waals surface area contributed by atoms with E-state index in [1.165, 1.54) is 0 Å². The topological polar surface area (TPSA) is 55.4 Å². The van der Waals surface area contributed by atoms with Gasteiger partial charge in [0, 0.05) is 0 Å². The highest BCUT2D eigenvalue weighted by Crippen LogP contribution is 2.44. The highest BCUT2D eigenvalue weighted by Gasteiger charge is 2.38. The van der Waals surface area contributed by atoms with Gasteiger partial charge in [0.2, 0.25) is 5.91 Å². The molecule has 1 heterocycles. The third kappa shape index (κ3) is 3.27. The van der Waals surface area contributed by atoms with Crippen LogP contribution in [0.5, 0.6) is 11.5 Å². The number of nitrogens with two attached hydrogens (primary N) is 1. The Balaban J connectivity index is 2.28. The molecule has 21 heavy (non-hydrogen) atoms. The molecule has 0 unspecified atom stereocenters. The van der Waals surface area contributed by atoms with Crippen molar-refractivity contribution in [2.45, 2.75) is 17.5 Å². The predicted molar refractivity (Wildman–Crippen MR) is 83.8 cm³/mol. The van der Waals surface area contributed by atoms with E-state index in [4.69, 9.17) is 9.47 Å². The Morgan fingerprint density at radius 1 is 1.29 bits per heavy atom. The van der Waals surface area contributed by atoms with Crippen LogP contribution < -0.4 is 14.8 Å². The van der Waals surface area contributed by atoms with E-state index in [1.54, 1.807) is 26.0 Å². The number of ether oxygens (including phenoxy) is 2. The lowest BCUT2D eigenvalue weighted by Crippen LogP contribution is -2.81. The zero-order chi connectivity index (χ0) is 15.4. The second-order valence-electron chi connectivity index (χ2n) is 4.97. The van der Waals surface area contributed by atoms with Gasteiger partial charge >= 0.3 is 0 Å². The number of carbonyl (C=O) groups excluding carboxylic acids is 1. The van der Waals surface area contributed by atoms with E-state index < -0.39 is 0 Å². The average Bonchev–Trinajstić information content (AvgIpc) is 2.79. The normalized spacial score (nSPS) is 21.7. The van der Waals surface area contributed by atoms with Crippen LogP contribution in [0.25, 0.3) is 0 Å². The first-order chi connectivity index (χ1) is 10.1. The number of nitrogens with zero attached hydrogens (tertiary/aromatic N) is 1. The Morgan fingerprint density at radius 2 is 2.00 bits per heavy atom. The summed E-state index contributed by atoms with van der Waals surface area (Å²) in [4.78, 5) is 14.3. The first kappa shape index (κ1) is 16.0. The monoisotopic (exact) mass is 311 g/mol. The second-order valence-corrected chi connectivity index (χ2v) is 6.40. The van der Waals surface area contributed by atoms with Gasteiger partial charge in [-0.3, -0.25) is 4.79 Å². The van der Waals surface area contributed by atoms with E-state index in [-0.39, 0.29) is 16.5 Å². The minimum absolute atomic E-state index is 0.0000438. The molecule has 1 aliphatic rings. The number of quaternary nitrogens is 1. The molecule has 1 amide bonds. The first-order valence-corrected chi connectivity index (χ1v) is 8.02. The number of rotatable bonds is 6. The number of hydrogen-bond donors (Lipinski definition) is 1. The predicted octanol–water partition coefficient (Wildman–Crippen LogP) is 0.860. The molecule has 1 fully saturated rings. The van der Waals surface area contributed by atoms with Gasteiger partial charge in [0.15, 0.2) is 11.5 Å². The molecular weight excluding hydrogens is 288 g/mol. The number of carbonyl (C=O) groups is 1. The lowest BCUT2D eigenvalue weighted by molar-refractivity contribution is -0.626. The molecule has 1 saturated heterocycles. The molecule has 2 N–H and O–H groups in total. The summed E-state index contributed by atoms with van der Waals surface area (Å²) >= 11 is 1.68. The van der Waals surface area contributed by atoms with Crippen LogP contribution in [0.4, 0.5) is 0 Å². The number of amides is 1. The summed E-state index contributed by atoms with van der Waals surface area (Å²) in [6.07, 6.45) is 0. The molecule has 5 nitrogen and oxygen atoms in total. The molecule has 2 atom stereocenters. The van der Waals surface area contributed by atoms with Crippen LogP contribution in [-0.4, -0.2) is 50.4 Å². The molecule has 0 saturated carbocycles. The summed E-state index contributed by atoms with van der Waals surface area (Å²) < 4.78 is 10.6. The van der Waals surface area contributed by atoms with Crippen molar-refractivity contribution < 1.29 is 19.6 Å². The van der Waals surface area contributed by atoms with Crippen molar-refractivity contribution in [1.82, 2.24) is 4.90 Å². The van der Waals surface area contributed by atoms with Crippen LogP contribution in [0.2, 0.25) is 0 Å². The molecule has 0 aliphatic carbocycles. The molecule has 0 spiro atoms. The number of hydrogen-bond acceptors (Lipinski definition) is 4. The molecule has 116 valence electrons. The fourth-order valence-corrected chi connectivity index (χ4v) is 3.73. The first-order valence-electron chi connectivity index (χ1n) is 7.08. The highest BCUT2D eigenvalue weighted by atomic mass is 32.2. The summed E-state index contributed by atoms with van der Waals surface area (Å²) in [6.45, 7) is 3.63. The fourth-order valence-electron chi connectivity index (χ4n) is 2.43. The van der Waals surface area contributed by atoms with Gasteiger partial charge in [-0.15, -0.1) is 11.8 Å². The van der Waals surface area contributed by atoms with Crippen molar-refractivity contribution >= 4 is 17.7 Å². The van der Waals surface area contributed by atoms with E-state index >= 15 is 0 Å². The van der Waals surface area contributed by atoms with Crippen LogP contribution in [0.15, 0.2) is 18.2 Å². The standard InChI is InChI=1S/C15H22N2O3S/c1-10-14(18)17(8-7-16-2)15(21-10)11-5-6-12(19-3)13(9-11)20-4/h5-6,9-10,15-16H,7-8H2,1-4H3/p+1/t10-,15+/m0/s1. The van der Waals surface area contributed by atoms with Gasteiger partial charge in [-0.2, -0.15) is 0 Å². The lowest BCUT2D eigenvalue weighted by atomic mass is 10.1. The van der Waals surface area contributed by atoms with Gasteiger partial charge in [-0.25, -0.2) is 0 Å². The van der Waals surface area contributed by atoms with Gasteiger partial charge in [0.05, 0.1) is 39.6 Å². The van der Waals surface area contributed by atoms with E-state index in [0.717, 1.165) is 18.7 Å². The van der Waals surface area contributed by atoms with Crippen molar-refractivity contribution in [3.63, 3.8) is 0 Å². The van der Waals surface area contributed by atoms with Gasteiger partial charge in [-0.05, 0) is 24.6 Å². The molecule has 0 radical (unpaired) electrons. The zero-order valence-electron chi connectivity index (χ0n) is 13.0. The lowest BCUT2D eigenvalue weighted by Gasteiger charge is -2.23. The SMILES string of the molecule is C[NH2+]CCN1C(=O)[C@H](C)S[C@@H]1c1ccc(OC)c(OC)c1. The van der Waals surface area contributed by atoms with E-state index in [9.17, 15) is 4.79 Å². The van der Waals surface area contributed by atoms with Crippen molar-refractivity contribution in [3.05, 3.63) is 23.8 Å². The summed E-state index contributed by atoms with van der Waals surface area (Å²) in [5, 5.41) is 2.14. The van der Waals surface area contributed by atoms with E-state index in [2.05, 4.69) is 5.32 Å². The third-order valence-corrected chi connectivity index (χ3v) is 4.99. The molecule has 1 aromatic carbocycles. The minimum atomic E-state index is -0.0000438. The Kier molecular flexibility index (Phi) is 5.36. The summed E-state index contributed by atoms with van der Waals surface area (Å²) in [5.41, 5.74) is 1.08. The smallest absolute Gasteiger partial charge is 0.236 e. The maximum absolute atomic E-state index is 12.3. The molecule has 6 heteroatoms. The Hall–Kier alpha value is -1.40. The van der Waals surface area contributed by atoms with Crippen molar-refractivity contribution in [2.24, 2.45) is 0 Å². The Bertz CT molecular complexity index is 510. The molecule has 2 rings (SSSR count). The Labute approximate surface area is 130 Å². The van der Waals surface area contributed by atoms with Crippen LogP contribution in [0.1, 0.15) is 17.9 Å². The summed E-state index contributed by atoms with van der Waals surface area (Å²) in [6, 6.07) is 5.86. The van der Waals surface area contributed by atoms with Gasteiger partial charge < -0.3 is 19.7 Å². The molecular formula is C15H23N2O3S+. The van der Waals surface area contributed by atoms with Gasteiger partial charge in [0.1, 0.15) is 5.37 Å². The van der Waals surface area contributed by atoms with Gasteiger partial charge in [-0.1, -0.05) is 6.07 Å². The molecule has 0 aromatic heterocycles. The highest BCUT2D eigenvalue weighted by molar-refractivity contribution is 8.01. The Morgan fingerprint density at radius 3 is 2.62 bits per heavy atom.